The van der Waals surface area contributed by atoms with Gasteiger partial charge in [-0.25, -0.2) is 9.67 Å². The van der Waals surface area contributed by atoms with Gasteiger partial charge in [-0.05, 0) is 30.9 Å². The van der Waals surface area contributed by atoms with Gasteiger partial charge in [-0.15, -0.1) is 0 Å². The number of amides is 1. The molecule has 0 aliphatic heterocycles. The SMILES string of the molecule is O=C(CC1C=CCC1)Nc1ccccc1-n1cncn1. The van der Waals surface area contributed by atoms with Gasteiger partial charge in [-0.1, -0.05) is 24.3 Å². The molecular formula is C15H16N4O. The van der Waals surface area contributed by atoms with Crippen molar-refractivity contribution in [2.45, 2.75) is 19.3 Å². The lowest BCUT2D eigenvalue weighted by Gasteiger charge is -2.12. The molecule has 0 spiro atoms. The molecular weight excluding hydrogens is 252 g/mol. The molecule has 0 radical (unpaired) electrons. The Morgan fingerprint density at radius 2 is 2.30 bits per heavy atom. The fourth-order valence-electron chi connectivity index (χ4n) is 2.42. The van der Waals surface area contributed by atoms with E-state index in [9.17, 15) is 4.79 Å². The highest BCUT2D eigenvalue weighted by Gasteiger charge is 2.15. The Morgan fingerprint density at radius 3 is 3.05 bits per heavy atom. The maximum atomic E-state index is 12.1. The average molecular weight is 268 g/mol. The first kappa shape index (κ1) is 12.6. The number of rotatable bonds is 4. The first-order chi connectivity index (χ1) is 9.83. The molecule has 1 amide bonds. The van der Waals surface area contributed by atoms with Gasteiger partial charge in [-0.2, -0.15) is 5.10 Å². The summed E-state index contributed by atoms with van der Waals surface area (Å²) in [6.45, 7) is 0. The average Bonchev–Trinajstić information content (AvgIpc) is 3.11. The van der Waals surface area contributed by atoms with Crippen molar-refractivity contribution < 1.29 is 4.79 Å². The third-order valence-corrected chi connectivity index (χ3v) is 3.40. The number of anilines is 1. The lowest BCUT2D eigenvalue weighted by molar-refractivity contribution is -0.116. The molecule has 1 aromatic heterocycles. The van der Waals surface area contributed by atoms with Gasteiger partial charge in [0.1, 0.15) is 12.7 Å². The fraction of sp³-hybridized carbons (Fsp3) is 0.267. The normalized spacial score (nSPS) is 17.3. The number of allylic oxidation sites excluding steroid dienone is 2. The van der Waals surface area contributed by atoms with E-state index in [2.05, 4.69) is 27.6 Å². The zero-order valence-corrected chi connectivity index (χ0v) is 11.1. The van der Waals surface area contributed by atoms with Crippen molar-refractivity contribution in [2.24, 2.45) is 5.92 Å². The predicted molar refractivity (Wildman–Crippen MR) is 76.5 cm³/mol. The summed E-state index contributed by atoms with van der Waals surface area (Å²) >= 11 is 0. The second-order valence-electron chi connectivity index (χ2n) is 4.88. The van der Waals surface area contributed by atoms with Crippen molar-refractivity contribution in [3.05, 3.63) is 49.1 Å². The van der Waals surface area contributed by atoms with Gasteiger partial charge < -0.3 is 5.32 Å². The van der Waals surface area contributed by atoms with Crippen LogP contribution in [0.1, 0.15) is 19.3 Å². The molecule has 1 unspecified atom stereocenters. The lowest BCUT2D eigenvalue weighted by Crippen LogP contribution is -2.16. The molecule has 1 atom stereocenters. The number of nitrogens with zero attached hydrogens (tertiary/aromatic N) is 3. The van der Waals surface area contributed by atoms with Crippen molar-refractivity contribution >= 4 is 11.6 Å². The van der Waals surface area contributed by atoms with Crippen LogP contribution in [0.4, 0.5) is 5.69 Å². The van der Waals surface area contributed by atoms with Crippen molar-refractivity contribution in [3.63, 3.8) is 0 Å². The van der Waals surface area contributed by atoms with Gasteiger partial charge in [0.15, 0.2) is 0 Å². The second-order valence-corrected chi connectivity index (χ2v) is 4.88. The van der Waals surface area contributed by atoms with Crippen LogP contribution in [-0.4, -0.2) is 20.7 Å². The highest BCUT2D eigenvalue weighted by molar-refractivity contribution is 5.93. The van der Waals surface area contributed by atoms with E-state index in [0.717, 1.165) is 24.2 Å². The van der Waals surface area contributed by atoms with Crippen LogP contribution in [0.2, 0.25) is 0 Å². The lowest BCUT2D eigenvalue weighted by atomic mass is 10.0. The molecule has 0 fully saturated rings. The molecule has 20 heavy (non-hydrogen) atoms. The number of aromatic nitrogens is 3. The number of para-hydroxylation sites is 2. The maximum Gasteiger partial charge on any atom is 0.225 e. The zero-order valence-electron chi connectivity index (χ0n) is 11.1. The Labute approximate surface area is 117 Å². The summed E-state index contributed by atoms with van der Waals surface area (Å²) in [5, 5.41) is 7.07. The highest BCUT2D eigenvalue weighted by atomic mass is 16.1. The van der Waals surface area contributed by atoms with Gasteiger partial charge in [0.25, 0.3) is 0 Å². The molecule has 1 aromatic carbocycles. The Kier molecular flexibility index (Phi) is 3.58. The highest BCUT2D eigenvalue weighted by Crippen LogP contribution is 2.23. The summed E-state index contributed by atoms with van der Waals surface area (Å²) in [5.74, 6) is 0.405. The van der Waals surface area contributed by atoms with Crippen LogP contribution in [-0.2, 0) is 4.79 Å². The second kappa shape index (κ2) is 5.69. The third kappa shape index (κ3) is 2.77. The van der Waals surface area contributed by atoms with Crippen LogP contribution in [0, 0.1) is 5.92 Å². The minimum atomic E-state index is 0.0362. The summed E-state index contributed by atoms with van der Waals surface area (Å²) in [6.07, 6.45) is 10.0. The van der Waals surface area contributed by atoms with E-state index < -0.39 is 0 Å². The van der Waals surface area contributed by atoms with Crippen LogP contribution in [0.15, 0.2) is 49.1 Å². The number of nitrogens with one attached hydrogen (secondary N) is 1. The van der Waals surface area contributed by atoms with E-state index in [4.69, 9.17) is 0 Å². The minimum Gasteiger partial charge on any atom is -0.324 e. The summed E-state index contributed by atoms with van der Waals surface area (Å²) in [6, 6.07) is 7.58. The van der Waals surface area contributed by atoms with E-state index in [1.54, 1.807) is 11.0 Å². The van der Waals surface area contributed by atoms with E-state index in [1.165, 1.54) is 6.33 Å². The quantitative estimate of drug-likeness (QED) is 0.867. The number of hydrogen-bond acceptors (Lipinski definition) is 3. The number of carbonyl (C=O) groups is 1. The van der Waals surface area contributed by atoms with Gasteiger partial charge in [0.05, 0.1) is 11.4 Å². The van der Waals surface area contributed by atoms with Gasteiger partial charge in [0.2, 0.25) is 5.91 Å². The number of benzene rings is 1. The smallest absolute Gasteiger partial charge is 0.225 e. The van der Waals surface area contributed by atoms with Crippen LogP contribution >= 0.6 is 0 Å². The van der Waals surface area contributed by atoms with Gasteiger partial charge in [-0.3, -0.25) is 4.79 Å². The Hall–Kier alpha value is -2.43. The molecule has 3 rings (SSSR count). The van der Waals surface area contributed by atoms with E-state index in [0.29, 0.717) is 12.3 Å². The molecule has 2 aromatic rings. The molecule has 5 nitrogen and oxygen atoms in total. The Morgan fingerprint density at radius 1 is 1.40 bits per heavy atom. The van der Waals surface area contributed by atoms with Crippen LogP contribution in [0.3, 0.4) is 0 Å². The number of hydrogen-bond donors (Lipinski definition) is 1. The molecule has 102 valence electrons. The predicted octanol–water partition coefficient (Wildman–Crippen LogP) is 2.56. The fourth-order valence-corrected chi connectivity index (χ4v) is 2.42. The van der Waals surface area contributed by atoms with E-state index in [-0.39, 0.29) is 5.91 Å². The van der Waals surface area contributed by atoms with Crippen LogP contribution < -0.4 is 5.32 Å². The molecule has 0 saturated heterocycles. The van der Waals surface area contributed by atoms with Crippen molar-refractivity contribution in [3.8, 4) is 5.69 Å². The Balaban J connectivity index is 1.74. The molecule has 0 saturated carbocycles. The molecule has 1 aliphatic rings. The molecule has 1 heterocycles. The molecule has 0 bridgehead atoms. The minimum absolute atomic E-state index is 0.0362. The molecule has 1 aliphatic carbocycles. The maximum absolute atomic E-state index is 12.1. The summed E-state index contributed by atoms with van der Waals surface area (Å²) in [7, 11) is 0. The van der Waals surface area contributed by atoms with Crippen LogP contribution in [0.25, 0.3) is 5.69 Å². The van der Waals surface area contributed by atoms with E-state index >= 15 is 0 Å². The standard InChI is InChI=1S/C15H16N4O/c20-15(9-12-5-1-2-6-12)18-13-7-3-4-8-14(13)19-11-16-10-17-19/h1,3-5,7-8,10-12H,2,6,9H2,(H,18,20). The summed E-state index contributed by atoms with van der Waals surface area (Å²) < 4.78 is 1.64. The Bertz CT molecular complexity index is 619. The van der Waals surface area contributed by atoms with E-state index in [1.807, 2.05) is 24.3 Å². The molecule has 1 N–H and O–H groups in total. The van der Waals surface area contributed by atoms with Crippen LogP contribution in [0.5, 0.6) is 0 Å². The van der Waals surface area contributed by atoms with Gasteiger partial charge >= 0.3 is 0 Å². The largest absolute Gasteiger partial charge is 0.324 e. The summed E-state index contributed by atoms with van der Waals surface area (Å²) in [5.41, 5.74) is 1.57. The first-order valence-corrected chi connectivity index (χ1v) is 6.73. The van der Waals surface area contributed by atoms with Crippen molar-refractivity contribution in [2.75, 3.05) is 5.32 Å². The van der Waals surface area contributed by atoms with Crippen molar-refractivity contribution in [1.82, 2.24) is 14.8 Å². The monoisotopic (exact) mass is 268 g/mol. The third-order valence-electron chi connectivity index (χ3n) is 3.40. The molecule has 5 heteroatoms. The first-order valence-electron chi connectivity index (χ1n) is 6.73. The van der Waals surface area contributed by atoms with Gasteiger partial charge in [0, 0.05) is 6.42 Å². The number of carbonyl (C=O) groups excluding carboxylic acids is 1. The topological polar surface area (TPSA) is 59.8 Å². The summed E-state index contributed by atoms with van der Waals surface area (Å²) in [4.78, 5) is 16.0. The zero-order chi connectivity index (χ0) is 13.8. The van der Waals surface area contributed by atoms with Crippen molar-refractivity contribution in [1.29, 1.82) is 0 Å².